The fraction of sp³-hybridized carbons (Fsp3) is 0.500. The minimum absolute atomic E-state index is 0.528. The van der Waals surface area contributed by atoms with E-state index in [1.807, 2.05) is 10.6 Å². The summed E-state index contributed by atoms with van der Waals surface area (Å²) in [5, 5.41) is 4.04. The largest absolute Gasteiger partial charge is 0.390 e. The molecule has 13 heteroatoms. The fourth-order valence-corrected chi connectivity index (χ4v) is 1.97. The van der Waals surface area contributed by atoms with Gasteiger partial charge in [-0.25, -0.2) is 9.59 Å². The molecule has 0 aromatic rings. The van der Waals surface area contributed by atoms with Crippen molar-refractivity contribution in [1.82, 2.24) is 10.6 Å². The van der Waals surface area contributed by atoms with Gasteiger partial charge in [0.05, 0.1) is 25.7 Å². The van der Waals surface area contributed by atoms with Gasteiger partial charge < -0.3 is 26.8 Å². The number of ketones is 2. The standard InChI is InChI=1S/C16H22N4O9/c1-7(21)3-13(25)19-9(5-11(17)23)15(27)29-16(28)10(6-12(18)24)20-14(26)4-8(2)22/h9-10H,3-6H2,1-2H3,(H2,17,23)(H2,18,24)(H,19,25)(H,20,26)/t9-,10-/m0/s1. The molecule has 2 atom stereocenters. The molecule has 13 nitrogen and oxygen atoms in total. The molecule has 0 saturated heterocycles. The Hall–Kier alpha value is -3.64. The predicted molar refractivity (Wildman–Crippen MR) is 93.2 cm³/mol. The second-order valence-corrected chi connectivity index (χ2v) is 6.08. The SMILES string of the molecule is CC(=O)CC(=O)N[C@@H](CC(N)=O)C(=O)OC(=O)[C@H](CC(N)=O)NC(=O)CC(C)=O. The van der Waals surface area contributed by atoms with E-state index in [0.717, 1.165) is 13.8 Å². The molecule has 0 bridgehead atoms. The van der Waals surface area contributed by atoms with Gasteiger partial charge >= 0.3 is 11.9 Å². The second-order valence-electron chi connectivity index (χ2n) is 6.08. The van der Waals surface area contributed by atoms with Crippen molar-refractivity contribution < 1.29 is 43.1 Å². The highest BCUT2D eigenvalue weighted by molar-refractivity contribution is 6.02. The van der Waals surface area contributed by atoms with Crippen LogP contribution in [0.15, 0.2) is 0 Å². The van der Waals surface area contributed by atoms with E-state index in [1.54, 1.807) is 0 Å². The topological polar surface area (TPSA) is 222 Å². The molecule has 0 aromatic carbocycles. The predicted octanol–water partition coefficient (Wildman–Crippen LogP) is -3.27. The van der Waals surface area contributed by atoms with Gasteiger partial charge in [-0.3, -0.25) is 28.8 Å². The highest BCUT2D eigenvalue weighted by Gasteiger charge is 2.31. The normalized spacial score (nSPS) is 12.1. The minimum Gasteiger partial charge on any atom is -0.390 e. The zero-order valence-corrected chi connectivity index (χ0v) is 15.8. The summed E-state index contributed by atoms with van der Waals surface area (Å²) < 4.78 is 4.50. The highest BCUT2D eigenvalue weighted by Crippen LogP contribution is 2.03. The molecule has 0 aliphatic heterocycles. The Morgan fingerprint density at radius 3 is 1.24 bits per heavy atom. The Bertz CT molecular complexity index is 672. The number of amides is 4. The van der Waals surface area contributed by atoms with Gasteiger partial charge in [0.1, 0.15) is 23.7 Å². The van der Waals surface area contributed by atoms with Crippen molar-refractivity contribution in [3.63, 3.8) is 0 Å². The Balaban J connectivity index is 5.25. The number of ether oxygens (including phenoxy) is 1. The molecule has 0 saturated carbocycles. The fourth-order valence-electron chi connectivity index (χ4n) is 1.97. The number of esters is 2. The van der Waals surface area contributed by atoms with Crippen LogP contribution in [0.25, 0.3) is 0 Å². The molecule has 0 aliphatic carbocycles. The lowest BCUT2D eigenvalue weighted by Gasteiger charge is -2.19. The second kappa shape index (κ2) is 11.9. The van der Waals surface area contributed by atoms with Crippen LogP contribution in [0.4, 0.5) is 0 Å². The van der Waals surface area contributed by atoms with Crippen LogP contribution >= 0.6 is 0 Å². The first-order valence-corrected chi connectivity index (χ1v) is 8.21. The first kappa shape index (κ1) is 25.4. The van der Waals surface area contributed by atoms with E-state index in [2.05, 4.69) is 4.74 Å². The number of primary amides is 2. The van der Waals surface area contributed by atoms with E-state index < -0.39 is 84.9 Å². The van der Waals surface area contributed by atoms with Crippen LogP contribution in [0, 0.1) is 0 Å². The molecule has 0 rings (SSSR count). The molecule has 0 aromatic heterocycles. The number of carbonyl (C=O) groups excluding carboxylic acids is 8. The number of hydrogen-bond donors (Lipinski definition) is 4. The van der Waals surface area contributed by atoms with Crippen LogP contribution in [0.3, 0.4) is 0 Å². The van der Waals surface area contributed by atoms with Crippen molar-refractivity contribution in [3.8, 4) is 0 Å². The lowest BCUT2D eigenvalue weighted by Crippen LogP contribution is -2.49. The summed E-state index contributed by atoms with van der Waals surface area (Å²) in [5.41, 5.74) is 9.95. The smallest absolute Gasteiger partial charge is 0.336 e. The Morgan fingerprint density at radius 2 is 1.00 bits per heavy atom. The highest BCUT2D eigenvalue weighted by atomic mass is 16.6. The molecule has 6 N–H and O–H groups in total. The van der Waals surface area contributed by atoms with Gasteiger partial charge in [-0.15, -0.1) is 0 Å². The van der Waals surface area contributed by atoms with Crippen molar-refractivity contribution in [2.24, 2.45) is 11.5 Å². The molecular weight excluding hydrogens is 392 g/mol. The number of hydrogen-bond acceptors (Lipinski definition) is 9. The number of Topliss-reactive ketones (excluding diaryl/α,β-unsaturated/α-hetero) is 2. The minimum atomic E-state index is -1.69. The molecule has 0 heterocycles. The molecule has 0 fully saturated rings. The van der Waals surface area contributed by atoms with Gasteiger partial charge in [-0.2, -0.15) is 0 Å². The van der Waals surface area contributed by atoms with Crippen molar-refractivity contribution >= 4 is 47.1 Å². The molecule has 0 aliphatic rings. The number of nitrogens with one attached hydrogen (secondary N) is 2. The lowest BCUT2D eigenvalue weighted by molar-refractivity contribution is -0.165. The van der Waals surface area contributed by atoms with Crippen LogP contribution in [0.5, 0.6) is 0 Å². The van der Waals surface area contributed by atoms with Crippen molar-refractivity contribution in [2.45, 2.75) is 51.6 Å². The molecule has 4 amide bonds. The molecule has 0 unspecified atom stereocenters. The lowest BCUT2D eigenvalue weighted by atomic mass is 10.1. The monoisotopic (exact) mass is 414 g/mol. The molecule has 0 spiro atoms. The zero-order valence-electron chi connectivity index (χ0n) is 15.8. The van der Waals surface area contributed by atoms with Crippen molar-refractivity contribution in [1.29, 1.82) is 0 Å². The van der Waals surface area contributed by atoms with Crippen LogP contribution in [-0.2, 0) is 43.1 Å². The number of carbonyl (C=O) groups is 8. The Kier molecular flexibility index (Phi) is 10.4. The maximum absolute atomic E-state index is 12.1. The third kappa shape index (κ3) is 11.6. The molecule has 29 heavy (non-hydrogen) atoms. The first-order valence-electron chi connectivity index (χ1n) is 8.21. The summed E-state index contributed by atoms with van der Waals surface area (Å²) in [7, 11) is 0. The average Bonchev–Trinajstić information content (AvgIpc) is 2.50. The summed E-state index contributed by atoms with van der Waals surface area (Å²) in [6.45, 7) is 2.23. The number of nitrogens with two attached hydrogens (primary N) is 2. The summed E-state index contributed by atoms with van der Waals surface area (Å²) in [4.78, 5) is 91.6. The van der Waals surface area contributed by atoms with E-state index in [0.29, 0.717) is 0 Å². The van der Waals surface area contributed by atoms with Gasteiger partial charge in [0, 0.05) is 0 Å². The van der Waals surface area contributed by atoms with E-state index >= 15 is 0 Å². The van der Waals surface area contributed by atoms with Crippen molar-refractivity contribution in [3.05, 3.63) is 0 Å². The van der Waals surface area contributed by atoms with Crippen LogP contribution in [-0.4, -0.2) is 59.2 Å². The zero-order chi connectivity index (χ0) is 22.7. The Morgan fingerprint density at radius 1 is 0.690 bits per heavy atom. The van der Waals surface area contributed by atoms with Crippen LogP contribution in [0.1, 0.15) is 39.5 Å². The number of rotatable bonds is 12. The maximum Gasteiger partial charge on any atom is 0.336 e. The Labute approximate surface area is 164 Å². The average molecular weight is 414 g/mol. The van der Waals surface area contributed by atoms with E-state index in [-0.39, 0.29) is 0 Å². The van der Waals surface area contributed by atoms with Crippen molar-refractivity contribution in [2.75, 3.05) is 0 Å². The summed E-state index contributed by atoms with van der Waals surface area (Å²) in [6, 6.07) is -3.38. The van der Waals surface area contributed by atoms with E-state index in [1.165, 1.54) is 0 Å². The van der Waals surface area contributed by atoms with Gasteiger partial charge in [-0.05, 0) is 13.8 Å². The third-order valence-corrected chi connectivity index (χ3v) is 3.07. The summed E-state index contributed by atoms with van der Waals surface area (Å²) >= 11 is 0. The third-order valence-electron chi connectivity index (χ3n) is 3.07. The van der Waals surface area contributed by atoms with E-state index in [9.17, 15) is 38.4 Å². The van der Waals surface area contributed by atoms with Gasteiger partial charge in [0.2, 0.25) is 23.6 Å². The first-order chi connectivity index (χ1) is 13.3. The molecule has 160 valence electrons. The molecular formula is C16H22N4O9. The van der Waals surface area contributed by atoms with Crippen LogP contribution in [0.2, 0.25) is 0 Å². The molecule has 0 radical (unpaired) electrons. The van der Waals surface area contributed by atoms with Crippen LogP contribution < -0.4 is 22.1 Å². The van der Waals surface area contributed by atoms with E-state index in [4.69, 9.17) is 11.5 Å². The van der Waals surface area contributed by atoms with Gasteiger partial charge in [0.25, 0.3) is 0 Å². The maximum atomic E-state index is 12.1. The summed E-state index contributed by atoms with van der Waals surface area (Å²) in [6.07, 6.45) is -2.68. The van der Waals surface area contributed by atoms with Gasteiger partial charge in [-0.1, -0.05) is 0 Å². The van der Waals surface area contributed by atoms with Gasteiger partial charge in [0.15, 0.2) is 0 Å². The quantitative estimate of drug-likeness (QED) is 0.185. The summed E-state index contributed by atoms with van der Waals surface area (Å²) in [5.74, 6) is -7.77.